The zero-order valence-corrected chi connectivity index (χ0v) is 6.02. The minimum atomic E-state index is 0. The first-order chi connectivity index (χ1) is 3.00. The molecule has 0 amide bonds. The molecule has 0 unspecified atom stereocenters. The summed E-state index contributed by atoms with van der Waals surface area (Å²) in [6.07, 6.45) is 4.00. The lowest BCUT2D eigenvalue weighted by Gasteiger charge is -2.05. The molecule has 0 saturated heterocycles. The Morgan fingerprint density at radius 2 is 2.00 bits per heavy atom. The van der Waals surface area contributed by atoms with Gasteiger partial charge in [-0.05, 0) is 6.20 Å². The summed E-state index contributed by atoms with van der Waals surface area (Å²) in [7, 11) is 0. The van der Waals surface area contributed by atoms with Crippen LogP contribution < -0.4 is 10.6 Å². The lowest BCUT2D eigenvalue weighted by atomic mass is 10.5. The quantitative estimate of drug-likeness (QED) is 0.534. The first-order valence-corrected chi connectivity index (χ1v) is 2.09. The highest BCUT2D eigenvalue weighted by Gasteiger charge is 1.81. The SMILES string of the molecule is C1=CNCNC1.Cl.Cl. The fourth-order valence-corrected chi connectivity index (χ4v) is 0.429. The summed E-state index contributed by atoms with van der Waals surface area (Å²) in [5, 5.41) is 6.08. The fraction of sp³-hybridized carbons (Fsp3) is 0.500. The summed E-state index contributed by atoms with van der Waals surface area (Å²) in [4.78, 5) is 0. The van der Waals surface area contributed by atoms with Crippen LogP contribution in [-0.2, 0) is 0 Å². The van der Waals surface area contributed by atoms with Crippen LogP contribution in [0.15, 0.2) is 12.3 Å². The summed E-state index contributed by atoms with van der Waals surface area (Å²) in [5.41, 5.74) is 0. The van der Waals surface area contributed by atoms with Crippen LogP contribution in [0.1, 0.15) is 0 Å². The van der Waals surface area contributed by atoms with E-state index in [1.54, 1.807) is 0 Å². The van der Waals surface area contributed by atoms with Crippen LogP contribution in [0.4, 0.5) is 0 Å². The first-order valence-electron chi connectivity index (χ1n) is 2.09. The molecule has 0 saturated carbocycles. The second-order valence-electron chi connectivity index (χ2n) is 1.24. The van der Waals surface area contributed by atoms with Crippen LogP contribution in [0, 0.1) is 0 Å². The molecule has 1 aliphatic rings. The van der Waals surface area contributed by atoms with Gasteiger partial charge in [0, 0.05) is 6.54 Å². The van der Waals surface area contributed by atoms with E-state index in [0.29, 0.717) is 0 Å². The molecule has 1 heterocycles. The maximum Gasteiger partial charge on any atom is 0.0650 e. The van der Waals surface area contributed by atoms with Gasteiger partial charge in [0.2, 0.25) is 0 Å². The fourth-order valence-electron chi connectivity index (χ4n) is 0.429. The molecule has 0 spiro atoms. The lowest BCUT2D eigenvalue weighted by molar-refractivity contribution is 0.669. The van der Waals surface area contributed by atoms with Gasteiger partial charge in [0.25, 0.3) is 0 Å². The third-order valence-electron chi connectivity index (χ3n) is 0.725. The largest absolute Gasteiger partial charge is 0.379 e. The number of hydrogen-bond acceptors (Lipinski definition) is 2. The summed E-state index contributed by atoms with van der Waals surface area (Å²) >= 11 is 0. The van der Waals surface area contributed by atoms with Crippen LogP contribution in [0.5, 0.6) is 0 Å². The highest BCUT2D eigenvalue weighted by molar-refractivity contribution is 5.85. The van der Waals surface area contributed by atoms with E-state index < -0.39 is 0 Å². The molecular weight excluding hydrogens is 147 g/mol. The Morgan fingerprint density at radius 3 is 2.12 bits per heavy atom. The van der Waals surface area contributed by atoms with E-state index in [-0.39, 0.29) is 24.8 Å². The number of halogens is 2. The van der Waals surface area contributed by atoms with Crippen molar-refractivity contribution in [3.8, 4) is 0 Å². The third kappa shape index (κ3) is 4.24. The molecule has 0 aromatic carbocycles. The Labute approximate surface area is 61.5 Å². The molecule has 0 aliphatic carbocycles. The van der Waals surface area contributed by atoms with Gasteiger partial charge in [-0.1, -0.05) is 6.08 Å². The maximum absolute atomic E-state index is 3.09. The van der Waals surface area contributed by atoms with Gasteiger partial charge in [0.1, 0.15) is 0 Å². The van der Waals surface area contributed by atoms with Gasteiger partial charge in [-0.15, -0.1) is 24.8 Å². The van der Waals surface area contributed by atoms with Crippen molar-refractivity contribution in [3.05, 3.63) is 12.3 Å². The minimum Gasteiger partial charge on any atom is -0.379 e. The van der Waals surface area contributed by atoms with Crippen molar-refractivity contribution in [3.63, 3.8) is 0 Å². The lowest BCUT2D eigenvalue weighted by Crippen LogP contribution is -2.29. The zero-order chi connectivity index (χ0) is 4.24. The second kappa shape index (κ2) is 7.08. The number of hydrogen-bond donors (Lipinski definition) is 2. The van der Waals surface area contributed by atoms with Gasteiger partial charge in [0.05, 0.1) is 6.67 Å². The molecule has 2 N–H and O–H groups in total. The molecule has 0 atom stereocenters. The van der Waals surface area contributed by atoms with Crippen molar-refractivity contribution in [2.75, 3.05) is 13.2 Å². The van der Waals surface area contributed by atoms with Crippen LogP contribution in [0.25, 0.3) is 0 Å². The molecule has 0 aromatic heterocycles. The molecule has 0 aromatic rings. The van der Waals surface area contributed by atoms with E-state index in [2.05, 4.69) is 10.6 Å². The first kappa shape index (κ1) is 11.0. The molecule has 8 heavy (non-hydrogen) atoms. The van der Waals surface area contributed by atoms with Crippen LogP contribution in [0.3, 0.4) is 0 Å². The zero-order valence-electron chi connectivity index (χ0n) is 4.39. The molecular formula is C4H10Cl2N2. The number of nitrogens with one attached hydrogen (secondary N) is 2. The Hall–Kier alpha value is 0.0800. The van der Waals surface area contributed by atoms with Crippen molar-refractivity contribution in [2.45, 2.75) is 0 Å². The Kier molecular flexibility index (Phi) is 9.70. The topological polar surface area (TPSA) is 24.1 Å². The van der Waals surface area contributed by atoms with Gasteiger partial charge in [-0.25, -0.2) is 0 Å². The van der Waals surface area contributed by atoms with E-state index in [9.17, 15) is 0 Å². The molecule has 0 radical (unpaired) electrons. The average Bonchev–Trinajstić information content (AvgIpc) is 1.72. The van der Waals surface area contributed by atoms with Crippen LogP contribution in [-0.4, -0.2) is 13.2 Å². The second-order valence-corrected chi connectivity index (χ2v) is 1.24. The third-order valence-corrected chi connectivity index (χ3v) is 0.725. The monoisotopic (exact) mass is 156 g/mol. The van der Waals surface area contributed by atoms with Gasteiger partial charge < -0.3 is 5.32 Å². The molecule has 50 valence electrons. The summed E-state index contributed by atoms with van der Waals surface area (Å²) in [5.74, 6) is 0. The molecule has 2 nitrogen and oxygen atoms in total. The molecule has 4 heteroatoms. The maximum atomic E-state index is 3.09. The van der Waals surface area contributed by atoms with Crippen molar-refractivity contribution in [1.29, 1.82) is 0 Å². The van der Waals surface area contributed by atoms with Crippen molar-refractivity contribution in [1.82, 2.24) is 10.6 Å². The van der Waals surface area contributed by atoms with Crippen molar-refractivity contribution >= 4 is 24.8 Å². The van der Waals surface area contributed by atoms with Crippen molar-refractivity contribution in [2.24, 2.45) is 0 Å². The highest BCUT2D eigenvalue weighted by atomic mass is 35.5. The molecule has 0 bridgehead atoms. The van der Waals surface area contributed by atoms with E-state index >= 15 is 0 Å². The predicted octanol–water partition coefficient (Wildman–Crippen LogP) is 0.494. The van der Waals surface area contributed by atoms with E-state index in [1.807, 2.05) is 12.3 Å². The van der Waals surface area contributed by atoms with Crippen LogP contribution >= 0.6 is 24.8 Å². The van der Waals surface area contributed by atoms with Gasteiger partial charge in [-0.2, -0.15) is 0 Å². The van der Waals surface area contributed by atoms with Crippen LogP contribution in [0.2, 0.25) is 0 Å². The summed E-state index contributed by atoms with van der Waals surface area (Å²) < 4.78 is 0. The van der Waals surface area contributed by atoms with E-state index in [0.717, 1.165) is 13.2 Å². The predicted molar refractivity (Wildman–Crippen MR) is 39.6 cm³/mol. The summed E-state index contributed by atoms with van der Waals surface area (Å²) in [6.45, 7) is 1.92. The minimum absolute atomic E-state index is 0. The van der Waals surface area contributed by atoms with Gasteiger partial charge in [-0.3, -0.25) is 5.32 Å². The average molecular weight is 157 g/mol. The highest BCUT2D eigenvalue weighted by Crippen LogP contribution is 1.68. The molecule has 0 fully saturated rings. The normalized spacial score (nSPS) is 15.0. The Balaban J connectivity index is 0. The smallest absolute Gasteiger partial charge is 0.0650 e. The van der Waals surface area contributed by atoms with Crippen molar-refractivity contribution < 1.29 is 0 Å². The Morgan fingerprint density at radius 1 is 1.25 bits per heavy atom. The van der Waals surface area contributed by atoms with E-state index in [1.165, 1.54) is 0 Å². The van der Waals surface area contributed by atoms with Gasteiger partial charge >= 0.3 is 0 Å². The Bertz CT molecular complexity index is 57.1. The number of rotatable bonds is 0. The molecule has 1 aliphatic heterocycles. The molecule has 1 rings (SSSR count). The standard InChI is InChI=1S/C4H8N2.2ClH/c1-2-5-4-6-3-1;;/h1-2,5-6H,3-4H2;2*1H. The summed E-state index contributed by atoms with van der Waals surface area (Å²) in [6, 6.07) is 0. The van der Waals surface area contributed by atoms with Gasteiger partial charge in [0.15, 0.2) is 0 Å². The van der Waals surface area contributed by atoms with E-state index in [4.69, 9.17) is 0 Å².